The topological polar surface area (TPSA) is 119 Å². The maximum Gasteiger partial charge on any atom is 0.248 e. The summed E-state index contributed by atoms with van der Waals surface area (Å²) in [6.45, 7) is 3.51. The molecular formula is C14H16N6O2. The van der Waals surface area contributed by atoms with E-state index in [4.69, 9.17) is 5.73 Å². The molecule has 0 saturated heterocycles. The third-order valence-electron chi connectivity index (χ3n) is 3.61. The van der Waals surface area contributed by atoms with Gasteiger partial charge < -0.3 is 20.7 Å². The van der Waals surface area contributed by atoms with Gasteiger partial charge in [-0.15, -0.1) is 0 Å². The van der Waals surface area contributed by atoms with Gasteiger partial charge in [0.15, 0.2) is 17.0 Å². The van der Waals surface area contributed by atoms with Gasteiger partial charge in [0, 0.05) is 12.5 Å². The van der Waals surface area contributed by atoms with E-state index in [1.807, 2.05) is 16.7 Å². The summed E-state index contributed by atoms with van der Waals surface area (Å²) in [4.78, 5) is 24.0. The second-order valence-corrected chi connectivity index (χ2v) is 5.08. The molecule has 0 radical (unpaired) electrons. The molecule has 2 atom stereocenters. The third-order valence-corrected chi connectivity index (χ3v) is 3.61. The second kappa shape index (κ2) is 5.57. The summed E-state index contributed by atoms with van der Waals surface area (Å²) in [5.74, 6) is 0.0396. The van der Waals surface area contributed by atoms with Crippen molar-refractivity contribution in [3.8, 4) is 0 Å². The quantitative estimate of drug-likeness (QED) is 0.563. The van der Waals surface area contributed by atoms with Crippen LogP contribution in [0, 0.1) is 5.92 Å². The maximum absolute atomic E-state index is 11.5. The SMILES string of the molecule is C=CC(=O)Nc1nc(N)nc2c1ncn2C1C=CC(CO)C1. The molecule has 3 rings (SSSR count). The molecule has 114 valence electrons. The number of carbonyl (C=O) groups excluding carboxylic acids is 1. The first-order valence-corrected chi connectivity index (χ1v) is 6.85. The van der Waals surface area contributed by atoms with Crippen molar-refractivity contribution < 1.29 is 9.90 Å². The number of anilines is 2. The van der Waals surface area contributed by atoms with Gasteiger partial charge in [0.2, 0.25) is 11.9 Å². The molecule has 0 spiro atoms. The summed E-state index contributed by atoms with van der Waals surface area (Å²) >= 11 is 0. The van der Waals surface area contributed by atoms with E-state index in [2.05, 4.69) is 26.8 Å². The summed E-state index contributed by atoms with van der Waals surface area (Å²) in [6, 6.07) is 0.0411. The average Bonchev–Trinajstić information content (AvgIpc) is 3.12. The number of nitrogen functional groups attached to an aromatic ring is 1. The molecule has 1 amide bonds. The Labute approximate surface area is 126 Å². The molecule has 1 aliphatic rings. The Balaban J connectivity index is 2.02. The first-order chi connectivity index (χ1) is 10.6. The van der Waals surface area contributed by atoms with Crippen molar-refractivity contribution in [1.82, 2.24) is 19.5 Å². The van der Waals surface area contributed by atoms with Crippen molar-refractivity contribution in [2.45, 2.75) is 12.5 Å². The molecule has 0 aliphatic heterocycles. The zero-order chi connectivity index (χ0) is 15.7. The fourth-order valence-electron chi connectivity index (χ4n) is 2.53. The Morgan fingerprint density at radius 3 is 3.05 bits per heavy atom. The van der Waals surface area contributed by atoms with Crippen LogP contribution in [0.5, 0.6) is 0 Å². The minimum Gasteiger partial charge on any atom is -0.396 e. The average molecular weight is 300 g/mol. The number of nitrogens with zero attached hydrogens (tertiary/aromatic N) is 4. The number of aromatic nitrogens is 4. The summed E-state index contributed by atoms with van der Waals surface area (Å²) < 4.78 is 1.86. The molecule has 0 fully saturated rings. The molecule has 2 heterocycles. The fraction of sp³-hybridized carbons (Fsp3) is 0.286. The number of allylic oxidation sites excluding steroid dienone is 1. The number of aliphatic hydroxyl groups excluding tert-OH is 1. The Kier molecular flexibility index (Phi) is 3.60. The summed E-state index contributed by atoms with van der Waals surface area (Å²) in [7, 11) is 0. The van der Waals surface area contributed by atoms with Crippen LogP contribution in [0.3, 0.4) is 0 Å². The zero-order valence-electron chi connectivity index (χ0n) is 11.8. The Hall–Kier alpha value is -2.74. The van der Waals surface area contributed by atoms with Crippen molar-refractivity contribution in [3.63, 3.8) is 0 Å². The predicted octanol–water partition coefficient (Wildman–Crippen LogP) is 0.642. The lowest BCUT2D eigenvalue weighted by atomic mass is 10.1. The number of hydrogen-bond acceptors (Lipinski definition) is 6. The normalized spacial score (nSPS) is 20.4. The number of fused-ring (bicyclic) bond motifs is 1. The van der Waals surface area contributed by atoms with E-state index in [1.54, 1.807) is 6.33 Å². The number of carbonyl (C=O) groups is 1. The van der Waals surface area contributed by atoms with Gasteiger partial charge in [0.1, 0.15) is 0 Å². The van der Waals surface area contributed by atoms with Crippen LogP contribution in [0.1, 0.15) is 12.5 Å². The van der Waals surface area contributed by atoms with E-state index in [1.165, 1.54) is 0 Å². The van der Waals surface area contributed by atoms with Gasteiger partial charge in [0.25, 0.3) is 0 Å². The maximum atomic E-state index is 11.5. The lowest BCUT2D eigenvalue weighted by Gasteiger charge is -2.13. The highest BCUT2D eigenvalue weighted by Gasteiger charge is 2.23. The van der Waals surface area contributed by atoms with Gasteiger partial charge >= 0.3 is 0 Å². The number of nitrogens with two attached hydrogens (primary N) is 1. The number of imidazole rings is 1. The van der Waals surface area contributed by atoms with E-state index < -0.39 is 5.91 Å². The molecule has 2 aromatic heterocycles. The summed E-state index contributed by atoms with van der Waals surface area (Å²) in [5, 5.41) is 11.8. The Bertz CT molecular complexity index is 766. The molecule has 2 aromatic rings. The van der Waals surface area contributed by atoms with E-state index in [-0.39, 0.29) is 30.3 Å². The Morgan fingerprint density at radius 1 is 1.55 bits per heavy atom. The molecule has 1 aliphatic carbocycles. The van der Waals surface area contributed by atoms with Crippen molar-refractivity contribution in [3.05, 3.63) is 31.1 Å². The fourth-order valence-corrected chi connectivity index (χ4v) is 2.53. The molecule has 8 heteroatoms. The van der Waals surface area contributed by atoms with Crippen LogP contribution < -0.4 is 11.1 Å². The van der Waals surface area contributed by atoms with Crippen LogP contribution in [-0.2, 0) is 4.79 Å². The minimum atomic E-state index is -0.393. The van der Waals surface area contributed by atoms with E-state index >= 15 is 0 Å². The number of nitrogens with one attached hydrogen (secondary N) is 1. The van der Waals surface area contributed by atoms with Crippen molar-refractivity contribution in [2.24, 2.45) is 5.92 Å². The van der Waals surface area contributed by atoms with Gasteiger partial charge in [-0.25, -0.2) is 4.98 Å². The van der Waals surface area contributed by atoms with Gasteiger partial charge in [-0.05, 0) is 12.5 Å². The Morgan fingerprint density at radius 2 is 2.36 bits per heavy atom. The van der Waals surface area contributed by atoms with Crippen LogP contribution in [0.25, 0.3) is 11.2 Å². The molecule has 22 heavy (non-hydrogen) atoms. The van der Waals surface area contributed by atoms with Gasteiger partial charge in [-0.1, -0.05) is 18.7 Å². The molecule has 0 bridgehead atoms. The largest absolute Gasteiger partial charge is 0.396 e. The van der Waals surface area contributed by atoms with E-state index in [0.29, 0.717) is 11.2 Å². The highest BCUT2D eigenvalue weighted by Crippen LogP contribution is 2.31. The zero-order valence-corrected chi connectivity index (χ0v) is 11.8. The van der Waals surface area contributed by atoms with E-state index in [0.717, 1.165) is 12.5 Å². The van der Waals surface area contributed by atoms with E-state index in [9.17, 15) is 9.90 Å². The van der Waals surface area contributed by atoms with Crippen LogP contribution in [-0.4, -0.2) is 37.1 Å². The minimum absolute atomic E-state index is 0.0411. The van der Waals surface area contributed by atoms with Crippen molar-refractivity contribution in [2.75, 3.05) is 17.7 Å². The number of rotatable bonds is 4. The molecule has 0 saturated carbocycles. The molecule has 2 unspecified atom stereocenters. The first kappa shape index (κ1) is 14.2. The van der Waals surface area contributed by atoms with Gasteiger partial charge in [-0.2, -0.15) is 9.97 Å². The van der Waals surface area contributed by atoms with Crippen molar-refractivity contribution in [1.29, 1.82) is 0 Å². The number of amides is 1. The highest BCUT2D eigenvalue weighted by atomic mass is 16.3. The highest BCUT2D eigenvalue weighted by molar-refractivity contribution is 6.02. The van der Waals surface area contributed by atoms with Crippen LogP contribution >= 0.6 is 0 Å². The van der Waals surface area contributed by atoms with Gasteiger partial charge in [0.05, 0.1) is 12.4 Å². The molecule has 0 aromatic carbocycles. The lowest BCUT2D eigenvalue weighted by molar-refractivity contribution is -0.111. The number of hydrogen-bond donors (Lipinski definition) is 3. The van der Waals surface area contributed by atoms with Crippen LogP contribution in [0.2, 0.25) is 0 Å². The van der Waals surface area contributed by atoms with Crippen LogP contribution in [0.15, 0.2) is 31.1 Å². The third kappa shape index (κ3) is 2.44. The summed E-state index contributed by atoms with van der Waals surface area (Å²) in [6.07, 6.45) is 7.52. The molecular weight excluding hydrogens is 284 g/mol. The lowest BCUT2D eigenvalue weighted by Crippen LogP contribution is -2.12. The van der Waals surface area contributed by atoms with Gasteiger partial charge in [-0.3, -0.25) is 4.79 Å². The van der Waals surface area contributed by atoms with Crippen LogP contribution in [0.4, 0.5) is 11.8 Å². The predicted molar refractivity (Wildman–Crippen MR) is 81.9 cm³/mol. The van der Waals surface area contributed by atoms with Crippen molar-refractivity contribution >= 4 is 28.8 Å². The smallest absolute Gasteiger partial charge is 0.248 e. The molecule has 4 N–H and O–H groups in total. The monoisotopic (exact) mass is 300 g/mol. The first-order valence-electron chi connectivity index (χ1n) is 6.85. The standard InChI is InChI=1S/C14H16N6O2/c1-2-10(22)17-12-11-13(19-14(15)18-12)20(7-16-11)9-4-3-8(5-9)6-21/h2-4,7-9,21H,1,5-6H2,(H3,15,17,18,19,22). The second-order valence-electron chi connectivity index (χ2n) is 5.08. The number of aliphatic hydroxyl groups is 1. The molecule has 8 nitrogen and oxygen atoms in total. The summed E-state index contributed by atoms with van der Waals surface area (Å²) in [5.41, 5.74) is 6.73.